The van der Waals surface area contributed by atoms with Crippen molar-refractivity contribution in [3.63, 3.8) is 0 Å². The summed E-state index contributed by atoms with van der Waals surface area (Å²) < 4.78 is 3.05. The van der Waals surface area contributed by atoms with Crippen LogP contribution in [0.5, 0.6) is 0 Å². The molecule has 1 atom stereocenters. The van der Waals surface area contributed by atoms with Crippen LogP contribution in [0, 0.1) is 6.92 Å². The quantitative estimate of drug-likeness (QED) is 0.834. The highest BCUT2D eigenvalue weighted by Gasteiger charge is 2.19. The van der Waals surface area contributed by atoms with E-state index in [0.29, 0.717) is 6.42 Å². The fourth-order valence-electron chi connectivity index (χ4n) is 2.83. The Balaban J connectivity index is 1.86. The van der Waals surface area contributed by atoms with E-state index in [4.69, 9.17) is 0 Å². The van der Waals surface area contributed by atoms with Gasteiger partial charge in [0, 0.05) is 24.0 Å². The van der Waals surface area contributed by atoms with E-state index >= 15 is 0 Å². The summed E-state index contributed by atoms with van der Waals surface area (Å²) in [5, 5.41) is 15.6. The molecule has 1 heterocycles. The van der Waals surface area contributed by atoms with Crippen LogP contribution in [0.4, 0.5) is 0 Å². The summed E-state index contributed by atoms with van der Waals surface area (Å²) >= 11 is 5.55. The molecule has 1 aromatic rings. The highest BCUT2D eigenvalue weighted by atomic mass is 79.9. The van der Waals surface area contributed by atoms with Gasteiger partial charge in [-0.25, -0.2) is 0 Å². The van der Waals surface area contributed by atoms with Crippen LogP contribution in [-0.4, -0.2) is 32.0 Å². The minimum absolute atomic E-state index is 0.278. The molecule has 3 nitrogen and oxygen atoms in total. The maximum Gasteiger partial charge on any atom is 0.0738 e. The number of hydrogen-bond acceptors (Lipinski definition) is 3. The van der Waals surface area contributed by atoms with E-state index in [2.05, 4.69) is 28.0 Å². The zero-order valence-corrected chi connectivity index (χ0v) is 14.8. The first-order valence-electron chi connectivity index (χ1n) is 7.63. The Bertz CT molecular complexity index is 430. The summed E-state index contributed by atoms with van der Waals surface area (Å²) in [4.78, 5) is 0. The van der Waals surface area contributed by atoms with Crippen molar-refractivity contribution in [3.8, 4) is 0 Å². The van der Waals surface area contributed by atoms with E-state index in [9.17, 15) is 5.11 Å². The van der Waals surface area contributed by atoms with E-state index in [1.165, 1.54) is 32.1 Å². The smallest absolute Gasteiger partial charge is 0.0738 e. The van der Waals surface area contributed by atoms with Crippen molar-refractivity contribution in [2.45, 2.75) is 70.3 Å². The summed E-state index contributed by atoms with van der Waals surface area (Å²) in [5.41, 5.74) is 2.13. The summed E-state index contributed by atoms with van der Waals surface area (Å²) in [6.45, 7) is 4.94. The third-order valence-corrected chi connectivity index (χ3v) is 6.51. The molecule has 1 aromatic heterocycles. The molecule has 1 N–H and O–H groups in total. The van der Waals surface area contributed by atoms with Gasteiger partial charge in [0.05, 0.1) is 22.0 Å². The fourth-order valence-corrected chi connectivity index (χ4v) is 4.55. The van der Waals surface area contributed by atoms with Gasteiger partial charge in [-0.15, -0.1) is 0 Å². The monoisotopic (exact) mass is 360 g/mol. The minimum atomic E-state index is -0.278. The Labute approximate surface area is 134 Å². The van der Waals surface area contributed by atoms with Crippen LogP contribution in [0.15, 0.2) is 4.47 Å². The first-order valence-corrected chi connectivity index (χ1v) is 9.47. The molecule has 2 rings (SSSR count). The Hall–Kier alpha value is -0.0000000000000000555. The molecule has 1 unspecified atom stereocenters. The topological polar surface area (TPSA) is 38.0 Å². The van der Waals surface area contributed by atoms with Gasteiger partial charge in [-0.3, -0.25) is 4.68 Å². The lowest BCUT2D eigenvalue weighted by Gasteiger charge is -2.22. The molecule has 0 aliphatic heterocycles. The largest absolute Gasteiger partial charge is 0.392 e. The molecular weight excluding hydrogens is 336 g/mol. The number of aryl methyl sites for hydroxylation is 2. The SMILES string of the molecule is CCn1nc(C)c(Br)c1CC(O)CSC1CCCCC1. The number of rotatable bonds is 6. The third kappa shape index (κ3) is 4.25. The predicted molar refractivity (Wildman–Crippen MR) is 89.4 cm³/mol. The second-order valence-corrected chi connectivity index (χ2v) is 7.74. The van der Waals surface area contributed by atoms with Crippen molar-refractivity contribution in [2.24, 2.45) is 0 Å². The third-order valence-electron chi connectivity index (χ3n) is 3.96. The molecule has 0 aromatic carbocycles. The van der Waals surface area contributed by atoms with Crippen molar-refractivity contribution in [1.82, 2.24) is 9.78 Å². The maximum absolute atomic E-state index is 10.3. The van der Waals surface area contributed by atoms with Crippen LogP contribution in [0.3, 0.4) is 0 Å². The standard InChI is InChI=1S/C15H25BrN2OS/c1-3-18-14(15(16)11(2)17-18)9-12(19)10-20-13-7-5-4-6-8-13/h12-13,19H,3-10H2,1-2H3. The molecule has 0 spiro atoms. The Kier molecular flexibility index (Phi) is 6.43. The van der Waals surface area contributed by atoms with Crippen LogP contribution in [0.25, 0.3) is 0 Å². The van der Waals surface area contributed by atoms with Crippen LogP contribution in [-0.2, 0) is 13.0 Å². The summed E-state index contributed by atoms with van der Waals surface area (Å²) in [7, 11) is 0. The van der Waals surface area contributed by atoms with Crippen LogP contribution < -0.4 is 0 Å². The van der Waals surface area contributed by atoms with Gasteiger partial charge < -0.3 is 5.11 Å². The van der Waals surface area contributed by atoms with Gasteiger partial charge in [-0.05, 0) is 42.6 Å². The van der Waals surface area contributed by atoms with Gasteiger partial charge in [0.1, 0.15) is 0 Å². The number of halogens is 1. The zero-order chi connectivity index (χ0) is 14.5. The van der Waals surface area contributed by atoms with Crippen LogP contribution in [0.1, 0.15) is 50.4 Å². The number of hydrogen-bond donors (Lipinski definition) is 1. The molecule has 1 fully saturated rings. The number of aromatic nitrogens is 2. The maximum atomic E-state index is 10.3. The van der Waals surface area contributed by atoms with Gasteiger partial charge in [-0.1, -0.05) is 19.3 Å². The number of aliphatic hydroxyl groups excluding tert-OH is 1. The molecular formula is C15H25BrN2OS. The lowest BCUT2D eigenvalue weighted by Crippen LogP contribution is -2.19. The minimum Gasteiger partial charge on any atom is -0.392 e. The first kappa shape index (κ1) is 16.4. The second kappa shape index (κ2) is 7.85. The van der Waals surface area contributed by atoms with E-state index in [-0.39, 0.29) is 6.10 Å². The van der Waals surface area contributed by atoms with E-state index in [0.717, 1.165) is 33.4 Å². The normalized spacial score (nSPS) is 18.4. The molecule has 5 heteroatoms. The Morgan fingerprint density at radius 1 is 1.40 bits per heavy atom. The van der Waals surface area contributed by atoms with Gasteiger partial charge in [-0.2, -0.15) is 16.9 Å². The summed E-state index contributed by atoms with van der Waals surface area (Å²) in [5.74, 6) is 0.838. The van der Waals surface area contributed by atoms with Crippen molar-refractivity contribution in [3.05, 3.63) is 15.9 Å². The van der Waals surface area contributed by atoms with Crippen molar-refractivity contribution < 1.29 is 5.11 Å². The molecule has 0 bridgehead atoms. The molecule has 1 aliphatic carbocycles. The van der Waals surface area contributed by atoms with E-state index in [1.807, 2.05) is 23.4 Å². The first-order chi connectivity index (χ1) is 9.61. The molecule has 0 radical (unpaired) electrons. The second-order valence-electron chi connectivity index (χ2n) is 5.61. The lowest BCUT2D eigenvalue weighted by atomic mass is 10.0. The summed E-state index contributed by atoms with van der Waals surface area (Å²) in [6, 6.07) is 0. The fraction of sp³-hybridized carbons (Fsp3) is 0.800. The van der Waals surface area contributed by atoms with Gasteiger partial charge in [0.15, 0.2) is 0 Å². The zero-order valence-electron chi connectivity index (χ0n) is 12.4. The number of aliphatic hydroxyl groups is 1. The van der Waals surface area contributed by atoms with Gasteiger partial charge >= 0.3 is 0 Å². The number of nitrogens with zero attached hydrogens (tertiary/aromatic N) is 2. The average Bonchev–Trinajstić information content (AvgIpc) is 2.74. The molecule has 0 amide bonds. The predicted octanol–water partition coefficient (Wildman–Crippen LogP) is 3.94. The van der Waals surface area contributed by atoms with E-state index in [1.54, 1.807) is 0 Å². The van der Waals surface area contributed by atoms with E-state index < -0.39 is 0 Å². The van der Waals surface area contributed by atoms with Crippen molar-refractivity contribution in [2.75, 3.05) is 5.75 Å². The number of thioether (sulfide) groups is 1. The lowest BCUT2D eigenvalue weighted by molar-refractivity contribution is 0.196. The highest BCUT2D eigenvalue weighted by molar-refractivity contribution is 9.10. The van der Waals surface area contributed by atoms with Crippen LogP contribution in [0.2, 0.25) is 0 Å². The molecule has 1 saturated carbocycles. The Morgan fingerprint density at radius 2 is 2.10 bits per heavy atom. The van der Waals surface area contributed by atoms with Crippen molar-refractivity contribution in [1.29, 1.82) is 0 Å². The molecule has 0 saturated heterocycles. The molecule has 20 heavy (non-hydrogen) atoms. The Morgan fingerprint density at radius 3 is 2.75 bits per heavy atom. The average molecular weight is 361 g/mol. The summed E-state index contributed by atoms with van der Waals surface area (Å²) in [6.07, 6.45) is 7.18. The molecule has 1 aliphatic rings. The van der Waals surface area contributed by atoms with Gasteiger partial charge in [0.25, 0.3) is 0 Å². The van der Waals surface area contributed by atoms with Gasteiger partial charge in [0.2, 0.25) is 0 Å². The molecule has 114 valence electrons. The van der Waals surface area contributed by atoms with Crippen LogP contribution >= 0.6 is 27.7 Å². The van der Waals surface area contributed by atoms with Crippen molar-refractivity contribution >= 4 is 27.7 Å². The highest BCUT2D eigenvalue weighted by Crippen LogP contribution is 2.29.